The van der Waals surface area contributed by atoms with Crippen molar-refractivity contribution in [2.24, 2.45) is 0 Å². The van der Waals surface area contributed by atoms with Gasteiger partial charge < -0.3 is 9.01 Å². The summed E-state index contributed by atoms with van der Waals surface area (Å²) in [6, 6.07) is 4.63. The normalized spacial score (nSPS) is 18.3. The van der Waals surface area contributed by atoms with Crippen LogP contribution in [-0.4, -0.2) is 54.9 Å². The van der Waals surface area contributed by atoms with Crippen molar-refractivity contribution >= 4 is 11.0 Å². The van der Waals surface area contributed by atoms with Gasteiger partial charge in [-0.05, 0) is 51.7 Å². The highest BCUT2D eigenvalue weighted by molar-refractivity contribution is 5.79. The number of nitrogens with zero attached hydrogens (tertiary/aromatic N) is 6. The Kier molecular flexibility index (Phi) is 7.72. The number of piperidine rings is 1. The number of hydrogen-bond acceptors (Lipinski definition) is 6. The SMILES string of the molecule is Cc1nc2n(c(=O)c1CC[N+]1(CCc3c(C)nc4n(c3=O)CCCC4)CCC(c3noc4cc(F)ccc34)CC1)CCCC2. The number of fused-ring (bicyclic) bond motifs is 3. The molecule has 7 rings (SSSR count). The van der Waals surface area contributed by atoms with Crippen LogP contribution in [0.5, 0.6) is 0 Å². The van der Waals surface area contributed by atoms with Gasteiger partial charge in [0.25, 0.3) is 11.1 Å². The molecule has 0 bridgehead atoms. The van der Waals surface area contributed by atoms with E-state index in [1.807, 2.05) is 23.0 Å². The molecule has 0 unspecified atom stereocenters. The second kappa shape index (κ2) is 11.7. The van der Waals surface area contributed by atoms with Gasteiger partial charge in [0, 0.05) is 91.5 Å². The van der Waals surface area contributed by atoms with Crippen molar-refractivity contribution in [2.75, 3.05) is 26.2 Å². The molecule has 10 heteroatoms. The molecular formula is C34H42FN6O3+. The van der Waals surface area contributed by atoms with Crippen molar-refractivity contribution in [3.05, 3.63) is 84.6 Å². The highest BCUT2D eigenvalue weighted by Crippen LogP contribution is 2.35. The van der Waals surface area contributed by atoms with E-state index in [9.17, 15) is 14.0 Å². The molecule has 3 aliphatic rings. The van der Waals surface area contributed by atoms with Crippen LogP contribution in [0.15, 0.2) is 32.3 Å². The van der Waals surface area contributed by atoms with Crippen molar-refractivity contribution in [3.63, 3.8) is 0 Å². The number of likely N-dealkylation sites (tertiary alicyclic amines) is 1. The van der Waals surface area contributed by atoms with E-state index in [0.717, 1.165) is 140 Å². The van der Waals surface area contributed by atoms with Crippen LogP contribution in [0.4, 0.5) is 4.39 Å². The fourth-order valence-corrected chi connectivity index (χ4v) is 7.91. The third kappa shape index (κ3) is 5.31. The molecule has 0 radical (unpaired) electrons. The number of halogens is 1. The highest BCUT2D eigenvalue weighted by Gasteiger charge is 2.37. The minimum absolute atomic E-state index is 0.120. The van der Waals surface area contributed by atoms with Gasteiger partial charge in [0.2, 0.25) is 0 Å². The minimum atomic E-state index is -0.328. The molecule has 1 saturated heterocycles. The lowest BCUT2D eigenvalue weighted by molar-refractivity contribution is -0.932. The van der Waals surface area contributed by atoms with Gasteiger partial charge in [0.1, 0.15) is 17.5 Å². The van der Waals surface area contributed by atoms with Crippen LogP contribution in [0, 0.1) is 19.7 Å². The van der Waals surface area contributed by atoms with Gasteiger partial charge in [-0.1, -0.05) is 5.16 Å². The Bertz CT molecular complexity index is 1750. The standard InChI is InChI=1S/C34H42FN6O3/c1-22-26(33(42)39-15-5-3-7-30(39)36-22)13-19-41(20-14-27-23(2)37-31-8-4-6-16-40(31)34(27)43)17-11-24(12-18-41)32-28-10-9-25(35)21-29(28)44-38-32/h9-10,21,24H,3-8,11-20H2,1-2H3/q+1. The van der Waals surface area contributed by atoms with E-state index in [4.69, 9.17) is 14.5 Å². The molecule has 9 nitrogen and oxygen atoms in total. The summed E-state index contributed by atoms with van der Waals surface area (Å²) >= 11 is 0. The molecule has 6 heterocycles. The topological polar surface area (TPSA) is 95.8 Å². The van der Waals surface area contributed by atoms with Crippen molar-refractivity contribution in [3.8, 4) is 0 Å². The maximum absolute atomic E-state index is 13.8. The lowest BCUT2D eigenvalue weighted by Gasteiger charge is -2.44. The summed E-state index contributed by atoms with van der Waals surface area (Å²) in [4.78, 5) is 36.9. The number of aryl methyl sites for hydroxylation is 4. The first-order valence-electron chi connectivity index (χ1n) is 16.4. The molecule has 0 atom stereocenters. The first-order chi connectivity index (χ1) is 21.3. The van der Waals surface area contributed by atoms with E-state index >= 15 is 0 Å². The van der Waals surface area contributed by atoms with Gasteiger partial charge in [-0.25, -0.2) is 14.4 Å². The van der Waals surface area contributed by atoms with E-state index < -0.39 is 0 Å². The van der Waals surface area contributed by atoms with E-state index in [2.05, 4.69) is 5.16 Å². The summed E-state index contributed by atoms with van der Waals surface area (Å²) in [7, 11) is 0. The van der Waals surface area contributed by atoms with Gasteiger partial charge in [-0.2, -0.15) is 0 Å². The largest absolute Gasteiger partial charge is 0.356 e. The van der Waals surface area contributed by atoms with Crippen molar-refractivity contribution in [1.82, 2.24) is 24.3 Å². The molecule has 3 aromatic heterocycles. The summed E-state index contributed by atoms with van der Waals surface area (Å²) in [5.41, 5.74) is 4.98. The third-order valence-corrected chi connectivity index (χ3v) is 10.6. The fraction of sp³-hybridized carbons (Fsp3) is 0.559. The number of hydrogen-bond donors (Lipinski definition) is 0. The summed E-state index contributed by atoms with van der Waals surface area (Å²) in [6.45, 7) is 8.88. The molecular weight excluding hydrogens is 559 g/mol. The zero-order chi connectivity index (χ0) is 30.4. The molecule has 1 aromatic carbocycles. The van der Waals surface area contributed by atoms with Crippen molar-refractivity contribution < 1.29 is 13.4 Å². The van der Waals surface area contributed by atoms with Gasteiger partial charge >= 0.3 is 0 Å². The third-order valence-electron chi connectivity index (χ3n) is 10.6. The maximum Gasteiger partial charge on any atom is 0.257 e. The maximum atomic E-state index is 13.8. The molecule has 3 aliphatic heterocycles. The molecule has 0 spiro atoms. The summed E-state index contributed by atoms with van der Waals surface area (Å²) in [5.74, 6) is 1.72. The summed E-state index contributed by atoms with van der Waals surface area (Å²) in [5, 5.41) is 5.25. The highest BCUT2D eigenvalue weighted by atomic mass is 19.1. The number of benzene rings is 1. The smallest absolute Gasteiger partial charge is 0.257 e. The first kappa shape index (κ1) is 29.1. The first-order valence-corrected chi connectivity index (χ1v) is 16.4. The quantitative estimate of drug-likeness (QED) is 0.289. The van der Waals surface area contributed by atoms with Crippen LogP contribution in [0.25, 0.3) is 11.0 Å². The Balaban J connectivity index is 1.16. The molecule has 0 amide bonds. The number of rotatable bonds is 7. The van der Waals surface area contributed by atoms with E-state index in [-0.39, 0.29) is 22.9 Å². The Hall–Kier alpha value is -3.66. The van der Waals surface area contributed by atoms with Gasteiger partial charge in [0.15, 0.2) is 5.58 Å². The molecule has 4 aromatic rings. The van der Waals surface area contributed by atoms with E-state index in [0.29, 0.717) is 18.4 Å². The molecule has 1 fully saturated rings. The van der Waals surface area contributed by atoms with E-state index in [1.165, 1.54) is 12.1 Å². The van der Waals surface area contributed by atoms with Crippen LogP contribution in [-0.2, 0) is 38.8 Å². The summed E-state index contributed by atoms with van der Waals surface area (Å²) < 4.78 is 23.9. The fourth-order valence-electron chi connectivity index (χ4n) is 7.91. The van der Waals surface area contributed by atoms with Crippen LogP contribution in [0.3, 0.4) is 0 Å². The molecule has 0 N–H and O–H groups in total. The number of aromatic nitrogens is 5. The zero-order valence-corrected chi connectivity index (χ0v) is 25.9. The van der Waals surface area contributed by atoms with Crippen molar-refractivity contribution in [1.29, 1.82) is 0 Å². The van der Waals surface area contributed by atoms with Gasteiger partial charge in [0.05, 0.1) is 31.9 Å². The van der Waals surface area contributed by atoms with Crippen LogP contribution in [0.2, 0.25) is 0 Å². The molecule has 0 aliphatic carbocycles. The average Bonchev–Trinajstić information content (AvgIpc) is 3.44. The lowest BCUT2D eigenvalue weighted by Crippen LogP contribution is -2.55. The van der Waals surface area contributed by atoms with Crippen LogP contribution in [0.1, 0.15) is 84.3 Å². The second-order valence-corrected chi connectivity index (χ2v) is 13.2. The monoisotopic (exact) mass is 601 g/mol. The van der Waals surface area contributed by atoms with Crippen molar-refractivity contribution in [2.45, 2.75) is 97.1 Å². The van der Waals surface area contributed by atoms with Gasteiger partial charge in [-0.3, -0.25) is 18.7 Å². The van der Waals surface area contributed by atoms with Crippen LogP contribution < -0.4 is 11.1 Å². The predicted octanol–water partition coefficient (Wildman–Crippen LogP) is 4.55. The Labute approximate surface area is 256 Å². The number of quaternary nitrogens is 1. The Morgan fingerprint density at radius 1 is 0.864 bits per heavy atom. The summed E-state index contributed by atoms with van der Waals surface area (Å²) in [6.07, 6.45) is 9.06. The van der Waals surface area contributed by atoms with E-state index in [1.54, 1.807) is 6.07 Å². The molecule has 44 heavy (non-hydrogen) atoms. The molecule has 0 saturated carbocycles. The Morgan fingerprint density at radius 3 is 2.00 bits per heavy atom. The lowest BCUT2D eigenvalue weighted by atomic mass is 9.89. The second-order valence-electron chi connectivity index (χ2n) is 13.2. The average molecular weight is 602 g/mol. The zero-order valence-electron chi connectivity index (χ0n) is 25.9. The minimum Gasteiger partial charge on any atom is -0.356 e. The predicted molar refractivity (Wildman–Crippen MR) is 165 cm³/mol. The van der Waals surface area contributed by atoms with Crippen LogP contribution >= 0.6 is 0 Å². The molecule has 232 valence electrons. The van der Waals surface area contributed by atoms with Gasteiger partial charge in [-0.15, -0.1) is 0 Å². The Morgan fingerprint density at radius 2 is 1.43 bits per heavy atom.